The van der Waals surface area contributed by atoms with Gasteiger partial charge in [0.25, 0.3) is 0 Å². The molecule has 1 atom stereocenters. The molecule has 1 aliphatic heterocycles. The van der Waals surface area contributed by atoms with Crippen LogP contribution in [0.15, 0.2) is 17.5 Å². The van der Waals surface area contributed by atoms with Crippen molar-refractivity contribution in [2.45, 2.75) is 70.6 Å². The fourth-order valence-corrected chi connectivity index (χ4v) is 4.05. The number of carbonyl (C=O) groups is 1. The largest absolute Gasteiger partial charge is 0.469 e. The zero-order chi connectivity index (χ0) is 19.5. The Morgan fingerprint density at radius 3 is 2.89 bits per heavy atom. The van der Waals surface area contributed by atoms with Crippen molar-refractivity contribution in [1.82, 2.24) is 14.8 Å². The maximum absolute atomic E-state index is 11.6. The minimum atomic E-state index is -0.293. The van der Waals surface area contributed by atoms with Gasteiger partial charge in [-0.2, -0.15) is 5.10 Å². The number of aromatic nitrogens is 3. The molecule has 1 N–H and O–H groups in total. The fourth-order valence-electron chi connectivity index (χ4n) is 4.05. The highest BCUT2D eigenvalue weighted by Gasteiger charge is 2.28. The van der Waals surface area contributed by atoms with Gasteiger partial charge in [-0.25, -0.2) is 9.67 Å². The van der Waals surface area contributed by atoms with Gasteiger partial charge in [0.15, 0.2) is 5.65 Å². The van der Waals surface area contributed by atoms with Crippen molar-refractivity contribution in [2.24, 2.45) is 5.16 Å². The van der Waals surface area contributed by atoms with E-state index in [1.54, 1.807) is 0 Å². The number of aryl methyl sites for hydroxylation is 1. The SMILES string of the molecule is CCn1ncc2c(NC3CCCCC3)c(C3=NOC(CC(=O)OC)C3)cnc21. The molecule has 0 saturated heterocycles. The predicted molar refractivity (Wildman–Crippen MR) is 106 cm³/mol. The number of anilines is 1. The third-order valence-corrected chi connectivity index (χ3v) is 5.59. The summed E-state index contributed by atoms with van der Waals surface area (Å²) in [7, 11) is 1.38. The van der Waals surface area contributed by atoms with E-state index >= 15 is 0 Å². The lowest BCUT2D eigenvalue weighted by Gasteiger charge is -2.25. The Labute approximate surface area is 164 Å². The van der Waals surface area contributed by atoms with Crippen LogP contribution in [0.5, 0.6) is 0 Å². The van der Waals surface area contributed by atoms with E-state index in [-0.39, 0.29) is 18.5 Å². The molecule has 4 rings (SSSR count). The van der Waals surface area contributed by atoms with Crippen molar-refractivity contribution < 1.29 is 14.4 Å². The Morgan fingerprint density at radius 2 is 2.14 bits per heavy atom. The van der Waals surface area contributed by atoms with E-state index in [1.165, 1.54) is 39.2 Å². The number of rotatable bonds is 6. The molecule has 1 aliphatic carbocycles. The first kappa shape index (κ1) is 18.7. The van der Waals surface area contributed by atoms with E-state index in [4.69, 9.17) is 9.57 Å². The molecule has 3 heterocycles. The Balaban J connectivity index is 1.65. The van der Waals surface area contributed by atoms with E-state index in [2.05, 4.69) is 27.5 Å². The average Bonchev–Trinajstić information content (AvgIpc) is 3.35. The van der Waals surface area contributed by atoms with E-state index in [0.717, 1.165) is 34.5 Å². The van der Waals surface area contributed by atoms with Crippen molar-refractivity contribution in [3.8, 4) is 0 Å². The lowest BCUT2D eigenvalue weighted by atomic mass is 9.94. The molecule has 2 aliphatic rings. The van der Waals surface area contributed by atoms with Crippen LogP contribution in [0.1, 0.15) is 57.4 Å². The fraction of sp³-hybridized carbons (Fsp3) is 0.600. The van der Waals surface area contributed by atoms with Crippen LogP contribution in [0.4, 0.5) is 5.69 Å². The second-order valence-electron chi connectivity index (χ2n) is 7.47. The first-order chi connectivity index (χ1) is 13.7. The van der Waals surface area contributed by atoms with Gasteiger partial charge in [-0.15, -0.1) is 0 Å². The number of hydrogen-bond donors (Lipinski definition) is 1. The summed E-state index contributed by atoms with van der Waals surface area (Å²) in [5, 5.41) is 13.5. The summed E-state index contributed by atoms with van der Waals surface area (Å²) >= 11 is 0. The molecule has 8 heteroatoms. The van der Waals surface area contributed by atoms with Gasteiger partial charge < -0.3 is 14.9 Å². The van der Waals surface area contributed by atoms with Crippen molar-refractivity contribution >= 4 is 28.4 Å². The van der Waals surface area contributed by atoms with Gasteiger partial charge >= 0.3 is 5.97 Å². The molecule has 150 valence electrons. The van der Waals surface area contributed by atoms with E-state index in [0.29, 0.717) is 12.5 Å². The highest BCUT2D eigenvalue weighted by atomic mass is 16.6. The van der Waals surface area contributed by atoms with Crippen LogP contribution < -0.4 is 5.32 Å². The molecule has 2 aromatic rings. The quantitative estimate of drug-likeness (QED) is 0.768. The number of pyridine rings is 1. The van der Waals surface area contributed by atoms with Crippen LogP contribution in [-0.2, 0) is 20.9 Å². The van der Waals surface area contributed by atoms with Gasteiger partial charge in [-0.05, 0) is 19.8 Å². The topological polar surface area (TPSA) is 90.6 Å². The average molecular weight is 385 g/mol. The third-order valence-electron chi connectivity index (χ3n) is 5.59. The normalized spacial score (nSPS) is 20.1. The number of hydrogen-bond acceptors (Lipinski definition) is 7. The van der Waals surface area contributed by atoms with Crippen LogP contribution in [-0.4, -0.2) is 45.7 Å². The molecular formula is C20H27N5O3. The van der Waals surface area contributed by atoms with Crippen LogP contribution in [0.3, 0.4) is 0 Å². The molecule has 8 nitrogen and oxygen atoms in total. The maximum Gasteiger partial charge on any atom is 0.309 e. The molecule has 0 spiro atoms. The summed E-state index contributed by atoms with van der Waals surface area (Å²) in [4.78, 5) is 21.7. The molecule has 0 bridgehead atoms. The molecule has 28 heavy (non-hydrogen) atoms. The summed E-state index contributed by atoms with van der Waals surface area (Å²) in [6.45, 7) is 2.83. The van der Waals surface area contributed by atoms with Gasteiger partial charge in [0.1, 0.15) is 6.10 Å². The van der Waals surface area contributed by atoms with Crippen molar-refractivity contribution in [3.05, 3.63) is 18.0 Å². The summed E-state index contributed by atoms with van der Waals surface area (Å²) in [6, 6.07) is 0.442. The van der Waals surface area contributed by atoms with Crippen LogP contribution >= 0.6 is 0 Å². The Hall–Kier alpha value is -2.64. The number of fused-ring (bicyclic) bond motifs is 1. The molecule has 0 radical (unpaired) electrons. The Bertz CT molecular complexity index is 885. The third kappa shape index (κ3) is 3.68. The standard InChI is InChI=1S/C20H27N5O3/c1-3-25-20-16(12-22-25)19(23-13-7-5-4-6-8-13)15(11-21-20)17-9-14(28-24-17)10-18(26)27-2/h11-14H,3-10H2,1-2H3,(H,21,23). The molecule has 0 amide bonds. The molecular weight excluding hydrogens is 358 g/mol. The van der Waals surface area contributed by atoms with E-state index < -0.39 is 0 Å². The first-order valence-electron chi connectivity index (χ1n) is 10.1. The van der Waals surface area contributed by atoms with Crippen molar-refractivity contribution in [3.63, 3.8) is 0 Å². The number of methoxy groups -OCH3 is 1. The molecule has 1 fully saturated rings. The highest BCUT2D eigenvalue weighted by molar-refractivity contribution is 6.10. The smallest absolute Gasteiger partial charge is 0.309 e. The number of nitrogens with zero attached hydrogens (tertiary/aromatic N) is 4. The number of esters is 1. The molecule has 2 aromatic heterocycles. The van der Waals surface area contributed by atoms with Crippen LogP contribution in [0.25, 0.3) is 11.0 Å². The number of oxime groups is 1. The summed E-state index contributed by atoms with van der Waals surface area (Å²) in [5.74, 6) is -0.292. The van der Waals surface area contributed by atoms with Gasteiger partial charge in [-0.1, -0.05) is 24.4 Å². The zero-order valence-corrected chi connectivity index (χ0v) is 16.5. The van der Waals surface area contributed by atoms with Gasteiger partial charge in [0.2, 0.25) is 0 Å². The van der Waals surface area contributed by atoms with E-state index in [1.807, 2.05) is 17.1 Å². The predicted octanol–water partition coefficient (Wildman–Crippen LogP) is 3.25. The number of ether oxygens (including phenoxy) is 1. The van der Waals surface area contributed by atoms with E-state index in [9.17, 15) is 4.79 Å². The first-order valence-corrected chi connectivity index (χ1v) is 10.1. The zero-order valence-electron chi connectivity index (χ0n) is 16.5. The number of carbonyl (C=O) groups excluding carboxylic acids is 1. The summed E-state index contributed by atoms with van der Waals surface area (Å²) < 4.78 is 6.65. The Kier molecular flexibility index (Phi) is 5.45. The lowest BCUT2D eigenvalue weighted by Crippen LogP contribution is -2.24. The van der Waals surface area contributed by atoms with Gasteiger partial charge in [-0.3, -0.25) is 4.79 Å². The number of nitrogens with one attached hydrogen (secondary N) is 1. The van der Waals surface area contributed by atoms with Gasteiger partial charge in [0, 0.05) is 30.8 Å². The van der Waals surface area contributed by atoms with Crippen molar-refractivity contribution in [2.75, 3.05) is 12.4 Å². The van der Waals surface area contributed by atoms with Crippen LogP contribution in [0.2, 0.25) is 0 Å². The summed E-state index contributed by atoms with van der Waals surface area (Å²) in [5.41, 5.74) is 3.64. The minimum absolute atomic E-state index is 0.193. The lowest BCUT2D eigenvalue weighted by molar-refractivity contribution is -0.143. The Morgan fingerprint density at radius 1 is 1.32 bits per heavy atom. The molecule has 1 saturated carbocycles. The summed E-state index contributed by atoms with van der Waals surface area (Å²) in [6.07, 6.45) is 10.3. The van der Waals surface area contributed by atoms with Crippen LogP contribution in [0, 0.1) is 0 Å². The van der Waals surface area contributed by atoms with Crippen molar-refractivity contribution in [1.29, 1.82) is 0 Å². The highest BCUT2D eigenvalue weighted by Crippen LogP contribution is 2.32. The molecule has 1 unspecified atom stereocenters. The second kappa shape index (κ2) is 8.16. The minimum Gasteiger partial charge on any atom is -0.469 e. The molecule has 0 aromatic carbocycles. The monoisotopic (exact) mass is 385 g/mol. The maximum atomic E-state index is 11.6. The van der Waals surface area contributed by atoms with Gasteiger partial charge in [0.05, 0.1) is 36.5 Å². The second-order valence-corrected chi connectivity index (χ2v) is 7.47.